The molecule has 0 spiro atoms. The first-order chi connectivity index (χ1) is 9.74. The first kappa shape index (κ1) is 14.2. The molecule has 2 aromatic rings. The van der Waals surface area contributed by atoms with Crippen LogP contribution in [0.15, 0.2) is 42.5 Å². The molecule has 0 saturated heterocycles. The van der Waals surface area contributed by atoms with Crippen molar-refractivity contribution in [2.24, 2.45) is 0 Å². The predicted molar refractivity (Wildman–Crippen MR) is 75.8 cm³/mol. The van der Waals surface area contributed by atoms with Gasteiger partial charge in [-0.25, -0.2) is 4.98 Å². The normalized spacial score (nSPS) is 11.8. The highest BCUT2D eigenvalue weighted by atomic mass is 16.5. The summed E-state index contributed by atoms with van der Waals surface area (Å²) >= 11 is 0. The number of nitriles is 1. The van der Waals surface area contributed by atoms with Gasteiger partial charge in [-0.15, -0.1) is 0 Å². The summed E-state index contributed by atoms with van der Waals surface area (Å²) < 4.78 is 5.20. The van der Waals surface area contributed by atoms with Gasteiger partial charge in [0.1, 0.15) is 6.10 Å². The molecule has 20 heavy (non-hydrogen) atoms. The number of nitrogens with zero attached hydrogens (tertiary/aromatic N) is 2. The van der Waals surface area contributed by atoms with Crippen LogP contribution in [0.25, 0.3) is 11.3 Å². The predicted octanol–water partition coefficient (Wildman–Crippen LogP) is 2.69. The van der Waals surface area contributed by atoms with E-state index in [1.54, 1.807) is 18.2 Å². The van der Waals surface area contributed by atoms with Gasteiger partial charge in [-0.3, -0.25) is 0 Å². The molecule has 0 aliphatic rings. The van der Waals surface area contributed by atoms with E-state index in [9.17, 15) is 5.11 Å². The number of hydrogen-bond acceptors (Lipinski definition) is 4. The second-order valence-electron chi connectivity index (χ2n) is 4.31. The minimum Gasteiger partial charge on any atom is -0.384 e. The van der Waals surface area contributed by atoms with Gasteiger partial charge in [-0.1, -0.05) is 18.2 Å². The monoisotopic (exact) mass is 268 g/mol. The summed E-state index contributed by atoms with van der Waals surface area (Å²) in [4.78, 5) is 4.44. The number of hydrogen-bond donors (Lipinski definition) is 1. The molecule has 0 radical (unpaired) electrons. The number of ether oxygens (including phenoxy) is 1. The minimum absolute atomic E-state index is 0.236. The van der Waals surface area contributed by atoms with E-state index < -0.39 is 6.10 Å². The molecule has 1 aromatic heterocycles. The quantitative estimate of drug-likeness (QED) is 0.905. The third kappa shape index (κ3) is 3.41. The van der Waals surface area contributed by atoms with Crippen LogP contribution in [0, 0.1) is 11.3 Å². The first-order valence-corrected chi connectivity index (χ1v) is 6.48. The van der Waals surface area contributed by atoms with E-state index in [2.05, 4.69) is 11.1 Å². The van der Waals surface area contributed by atoms with Gasteiger partial charge in [0.15, 0.2) is 0 Å². The van der Waals surface area contributed by atoms with Crippen LogP contribution in [0.5, 0.6) is 0 Å². The minimum atomic E-state index is -0.728. The van der Waals surface area contributed by atoms with Gasteiger partial charge in [0.05, 0.1) is 29.6 Å². The van der Waals surface area contributed by atoms with Crippen molar-refractivity contribution in [2.75, 3.05) is 13.2 Å². The summed E-state index contributed by atoms with van der Waals surface area (Å²) in [7, 11) is 0. The standard InChI is InChI=1S/C16H16N2O2/c1-2-20-11-16(19)15-5-3-4-14(18-15)13-8-6-12(10-17)7-9-13/h3-9,16,19H,2,11H2,1H3. The van der Waals surface area contributed by atoms with Gasteiger partial charge in [0, 0.05) is 12.2 Å². The highest BCUT2D eigenvalue weighted by Gasteiger charge is 2.10. The van der Waals surface area contributed by atoms with Crippen molar-refractivity contribution in [3.8, 4) is 17.3 Å². The Morgan fingerprint density at radius 2 is 2.00 bits per heavy atom. The molecule has 0 saturated carbocycles. The molecule has 0 amide bonds. The third-order valence-corrected chi connectivity index (χ3v) is 2.90. The van der Waals surface area contributed by atoms with Crippen LogP contribution in [0.1, 0.15) is 24.3 Å². The number of benzene rings is 1. The summed E-state index contributed by atoms with van der Waals surface area (Å²) in [5.41, 5.74) is 2.87. The molecule has 0 aliphatic carbocycles. The molecule has 0 fully saturated rings. The summed E-state index contributed by atoms with van der Waals surface area (Å²) in [6.07, 6.45) is -0.728. The van der Waals surface area contributed by atoms with Crippen LogP contribution in [0.2, 0.25) is 0 Å². The summed E-state index contributed by atoms with van der Waals surface area (Å²) in [6, 6.07) is 14.8. The van der Waals surface area contributed by atoms with Gasteiger partial charge >= 0.3 is 0 Å². The fraction of sp³-hybridized carbons (Fsp3) is 0.250. The second-order valence-corrected chi connectivity index (χ2v) is 4.31. The lowest BCUT2D eigenvalue weighted by molar-refractivity contribution is 0.0398. The van der Waals surface area contributed by atoms with Crippen molar-refractivity contribution < 1.29 is 9.84 Å². The molecule has 1 N–H and O–H groups in total. The fourth-order valence-electron chi connectivity index (χ4n) is 1.83. The Morgan fingerprint density at radius 3 is 2.65 bits per heavy atom. The average molecular weight is 268 g/mol. The van der Waals surface area contributed by atoms with E-state index in [0.29, 0.717) is 17.9 Å². The van der Waals surface area contributed by atoms with Gasteiger partial charge in [-0.05, 0) is 31.2 Å². The molecule has 1 aromatic carbocycles. The lowest BCUT2D eigenvalue weighted by Crippen LogP contribution is -2.09. The van der Waals surface area contributed by atoms with E-state index in [1.165, 1.54) is 0 Å². The lowest BCUT2D eigenvalue weighted by atomic mass is 10.1. The summed E-state index contributed by atoms with van der Waals surface area (Å²) in [6.45, 7) is 2.68. The molecule has 4 nitrogen and oxygen atoms in total. The van der Waals surface area contributed by atoms with Crippen LogP contribution in [-0.2, 0) is 4.74 Å². The van der Waals surface area contributed by atoms with E-state index >= 15 is 0 Å². The van der Waals surface area contributed by atoms with Crippen molar-refractivity contribution in [2.45, 2.75) is 13.0 Å². The zero-order valence-electron chi connectivity index (χ0n) is 11.3. The Morgan fingerprint density at radius 1 is 1.25 bits per heavy atom. The van der Waals surface area contributed by atoms with Crippen molar-refractivity contribution >= 4 is 0 Å². The number of aliphatic hydroxyl groups excluding tert-OH is 1. The average Bonchev–Trinajstić information content (AvgIpc) is 2.52. The number of pyridine rings is 1. The highest BCUT2D eigenvalue weighted by molar-refractivity contribution is 5.60. The molecular weight excluding hydrogens is 252 g/mol. The largest absolute Gasteiger partial charge is 0.384 e. The van der Waals surface area contributed by atoms with E-state index in [1.807, 2.05) is 31.2 Å². The van der Waals surface area contributed by atoms with Crippen molar-refractivity contribution in [3.63, 3.8) is 0 Å². The van der Waals surface area contributed by atoms with Crippen molar-refractivity contribution in [3.05, 3.63) is 53.7 Å². The lowest BCUT2D eigenvalue weighted by Gasteiger charge is -2.11. The van der Waals surface area contributed by atoms with E-state index in [-0.39, 0.29) is 6.61 Å². The molecule has 1 heterocycles. The topological polar surface area (TPSA) is 66.1 Å². The zero-order chi connectivity index (χ0) is 14.4. The molecule has 0 bridgehead atoms. The number of rotatable bonds is 5. The van der Waals surface area contributed by atoms with Crippen molar-refractivity contribution in [1.82, 2.24) is 4.98 Å². The Hall–Kier alpha value is -2.22. The van der Waals surface area contributed by atoms with Gasteiger partial charge in [-0.2, -0.15) is 5.26 Å². The maximum absolute atomic E-state index is 9.97. The maximum atomic E-state index is 9.97. The Balaban J connectivity index is 2.22. The van der Waals surface area contributed by atoms with Gasteiger partial charge in [0.2, 0.25) is 0 Å². The van der Waals surface area contributed by atoms with E-state index in [0.717, 1.165) is 11.3 Å². The Kier molecular flexibility index (Phi) is 4.83. The van der Waals surface area contributed by atoms with Gasteiger partial charge in [0.25, 0.3) is 0 Å². The molecule has 0 aliphatic heterocycles. The first-order valence-electron chi connectivity index (χ1n) is 6.48. The second kappa shape index (κ2) is 6.80. The summed E-state index contributed by atoms with van der Waals surface area (Å²) in [5.74, 6) is 0. The van der Waals surface area contributed by atoms with E-state index in [4.69, 9.17) is 10.00 Å². The van der Waals surface area contributed by atoms with Crippen molar-refractivity contribution in [1.29, 1.82) is 5.26 Å². The molecule has 2 rings (SSSR count). The molecule has 1 unspecified atom stereocenters. The number of aromatic nitrogens is 1. The van der Waals surface area contributed by atoms with Crippen LogP contribution in [-0.4, -0.2) is 23.3 Å². The molecule has 1 atom stereocenters. The van der Waals surface area contributed by atoms with Crippen LogP contribution in [0.4, 0.5) is 0 Å². The number of aliphatic hydroxyl groups is 1. The Bertz CT molecular complexity index is 603. The Labute approximate surface area is 118 Å². The molecule has 102 valence electrons. The van der Waals surface area contributed by atoms with Crippen LogP contribution >= 0.6 is 0 Å². The van der Waals surface area contributed by atoms with Gasteiger partial charge < -0.3 is 9.84 Å². The SMILES string of the molecule is CCOCC(O)c1cccc(-c2ccc(C#N)cc2)n1. The highest BCUT2D eigenvalue weighted by Crippen LogP contribution is 2.20. The zero-order valence-corrected chi connectivity index (χ0v) is 11.3. The fourth-order valence-corrected chi connectivity index (χ4v) is 1.83. The van der Waals surface area contributed by atoms with Crippen LogP contribution in [0.3, 0.4) is 0 Å². The molecule has 4 heteroatoms. The third-order valence-electron chi connectivity index (χ3n) is 2.90. The molecular formula is C16H16N2O2. The van der Waals surface area contributed by atoms with Crippen LogP contribution < -0.4 is 0 Å². The smallest absolute Gasteiger partial charge is 0.119 e. The maximum Gasteiger partial charge on any atom is 0.119 e. The summed E-state index contributed by atoms with van der Waals surface area (Å²) in [5, 5.41) is 18.8.